The van der Waals surface area contributed by atoms with E-state index in [0.29, 0.717) is 0 Å². The Labute approximate surface area is 104 Å². The molecule has 2 heteroatoms. The van der Waals surface area contributed by atoms with Gasteiger partial charge in [0.25, 0.3) is 5.91 Å². The first-order valence-corrected chi connectivity index (χ1v) is 6.67. The first-order chi connectivity index (χ1) is 8.26. The molecule has 0 fully saturated rings. The molecule has 1 aliphatic rings. The SMILES string of the molecule is CCN(CC)C(=O)c1ccc2c(c1)CCCC2. The monoisotopic (exact) mass is 231 g/mol. The maximum atomic E-state index is 12.2. The van der Waals surface area contributed by atoms with Crippen molar-refractivity contribution in [2.24, 2.45) is 0 Å². The highest BCUT2D eigenvalue weighted by molar-refractivity contribution is 5.94. The van der Waals surface area contributed by atoms with E-state index in [2.05, 4.69) is 12.1 Å². The molecule has 0 radical (unpaired) electrons. The van der Waals surface area contributed by atoms with Crippen LogP contribution in [-0.4, -0.2) is 23.9 Å². The maximum Gasteiger partial charge on any atom is 0.253 e. The van der Waals surface area contributed by atoms with Gasteiger partial charge in [-0.1, -0.05) is 6.07 Å². The number of hydrogen-bond acceptors (Lipinski definition) is 1. The van der Waals surface area contributed by atoms with Gasteiger partial charge in [0, 0.05) is 18.7 Å². The minimum atomic E-state index is 0.170. The van der Waals surface area contributed by atoms with Gasteiger partial charge < -0.3 is 4.90 Å². The van der Waals surface area contributed by atoms with Crippen LogP contribution in [0.3, 0.4) is 0 Å². The Morgan fingerprint density at radius 3 is 2.41 bits per heavy atom. The van der Waals surface area contributed by atoms with Crippen LogP contribution in [0.2, 0.25) is 0 Å². The molecule has 17 heavy (non-hydrogen) atoms. The van der Waals surface area contributed by atoms with Crippen LogP contribution in [-0.2, 0) is 12.8 Å². The van der Waals surface area contributed by atoms with Gasteiger partial charge in [-0.2, -0.15) is 0 Å². The van der Waals surface area contributed by atoms with Gasteiger partial charge in [0.15, 0.2) is 0 Å². The third-order valence-electron chi connectivity index (χ3n) is 3.65. The molecule has 0 atom stereocenters. The summed E-state index contributed by atoms with van der Waals surface area (Å²) in [6.07, 6.45) is 4.86. The van der Waals surface area contributed by atoms with E-state index in [4.69, 9.17) is 0 Å². The lowest BCUT2D eigenvalue weighted by atomic mass is 9.90. The normalized spacial score (nSPS) is 14.2. The summed E-state index contributed by atoms with van der Waals surface area (Å²) in [4.78, 5) is 14.1. The Morgan fingerprint density at radius 2 is 1.76 bits per heavy atom. The van der Waals surface area contributed by atoms with Crippen molar-refractivity contribution in [1.29, 1.82) is 0 Å². The summed E-state index contributed by atoms with van der Waals surface area (Å²) in [6.45, 7) is 5.62. The van der Waals surface area contributed by atoms with Gasteiger partial charge in [-0.25, -0.2) is 0 Å². The highest BCUT2D eigenvalue weighted by atomic mass is 16.2. The third-order valence-corrected chi connectivity index (χ3v) is 3.65. The van der Waals surface area contributed by atoms with Crippen molar-refractivity contribution in [3.8, 4) is 0 Å². The molecule has 2 nitrogen and oxygen atoms in total. The lowest BCUT2D eigenvalue weighted by Gasteiger charge is -2.21. The lowest BCUT2D eigenvalue weighted by molar-refractivity contribution is 0.0773. The average molecular weight is 231 g/mol. The maximum absolute atomic E-state index is 12.2. The molecule has 1 aromatic rings. The zero-order valence-electron chi connectivity index (χ0n) is 10.8. The quantitative estimate of drug-likeness (QED) is 0.783. The standard InChI is InChI=1S/C15H21NO/c1-3-16(4-2)15(17)14-10-9-12-7-5-6-8-13(12)11-14/h9-11H,3-8H2,1-2H3. The van der Waals surface area contributed by atoms with Gasteiger partial charge in [-0.05, 0) is 62.8 Å². The van der Waals surface area contributed by atoms with Gasteiger partial charge in [-0.15, -0.1) is 0 Å². The van der Waals surface area contributed by atoms with Crippen molar-refractivity contribution in [2.75, 3.05) is 13.1 Å². The van der Waals surface area contributed by atoms with Crippen molar-refractivity contribution in [1.82, 2.24) is 4.90 Å². The second-order valence-corrected chi connectivity index (χ2v) is 4.67. The fourth-order valence-electron chi connectivity index (χ4n) is 2.56. The van der Waals surface area contributed by atoms with Gasteiger partial charge in [0.2, 0.25) is 0 Å². The number of fused-ring (bicyclic) bond motifs is 1. The lowest BCUT2D eigenvalue weighted by Crippen LogP contribution is -2.30. The van der Waals surface area contributed by atoms with E-state index in [1.807, 2.05) is 24.8 Å². The van der Waals surface area contributed by atoms with Crippen LogP contribution in [0, 0.1) is 0 Å². The Morgan fingerprint density at radius 1 is 1.12 bits per heavy atom. The van der Waals surface area contributed by atoms with Crippen molar-refractivity contribution in [2.45, 2.75) is 39.5 Å². The minimum absolute atomic E-state index is 0.170. The largest absolute Gasteiger partial charge is 0.339 e. The first kappa shape index (κ1) is 12.2. The minimum Gasteiger partial charge on any atom is -0.339 e. The van der Waals surface area contributed by atoms with Crippen LogP contribution in [0.25, 0.3) is 0 Å². The molecular weight excluding hydrogens is 210 g/mol. The molecular formula is C15H21NO. The Bertz CT molecular complexity index is 407. The van der Waals surface area contributed by atoms with E-state index in [1.54, 1.807) is 0 Å². The predicted octanol–water partition coefficient (Wildman–Crippen LogP) is 3.05. The van der Waals surface area contributed by atoms with E-state index in [9.17, 15) is 4.79 Å². The Balaban J connectivity index is 2.24. The van der Waals surface area contributed by atoms with Crippen LogP contribution in [0.5, 0.6) is 0 Å². The molecule has 0 aromatic heterocycles. The molecule has 0 bridgehead atoms. The second kappa shape index (κ2) is 5.35. The summed E-state index contributed by atoms with van der Waals surface area (Å²) >= 11 is 0. The number of aryl methyl sites for hydroxylation is 2. The van der Waals surface area contributed by atoms with Crippen LogP contribution < -0.4 is 0 Å². The van der Waals surface area contributed by atoms with E-state index < -0.39 is 0 Å². The van der Waals surface area contributed by atoms with Crippen LogP contribution >= 0.6 is 0 Å². The molecule has 92 valence electrons. The van der Waals surface area contributed by atoms with Gasteiger partial charge >= 0.3 is 0 Å². The number of nitrogens with zero attached hydrogens (tertiary/aromatic N) is 1. The molecule has 0 spiro atoms. The second-order valence-electron chi connectivity index (χ2n) is 4.67. The summed E-state index contributed by atoms with van der Waals surface area (Å²) in [5.41, 5.74) is 3.68. The highest BCUT2D eigenvalue weighted by Crippen LogP contribution is 2.22. The molecule has 0 aliphatic heterocycles. The fraction of sp³-hybridized carbons (Fsp3) is 0.533. The molecule has 2 rings (SSSR count). The number of rotatable bonds is 3. The van der Waals surface area contributed by atoms with E-state index in [0.717, 1.165) is 25.1 Å². The molecule has 1 amide bonds. The summed E-state index contributed by atoms with van der Waals surface area (Å²) in [7, 11) is 0. The summed E-state index contributed by atoms with van der Waals surface area (Å²) < 4.78 is 0. The topological polar surface area (TPSA) is 20.3 Å². The van der Waals surface area contributed by atoms with E-state index in [-0.39, 0.29) is 5.91 Å². The van der Waals surface area contributed by atoms with Crippen LogP contribution in [0.1, 0.15) is 48.2 Å². The van der Waals surface area contributed by atoms with Crippen molar-refractivity contribution in [3.05, 3.63) is 34.9 Å². The third kappa shape index (κ3) is 2.51. The molecule has 0 heterocycles. The first-order valence-electron chi connectivity index (χ1n) is 6.67. The van der Waals surface area contributed by atoms with E-state index >= 15 is 0 Å². The number of carbonyl (C=O) groups excluding carboxylic acids is 1. The van der Waals surface area contributed by atoms with Gasteiger partial charge in [0.1, 0.15) is 0 Å². The number of benzene rings is 1. The number of amides is 1. The van der Waals surface area contributed by atoms with Gasteiger partial charge in [-0.3, -0.25) is 4.79 Å². The fourth-order valence-corrected chi connectivity index (χ4v) is 2.56. The predicted molar refractivity (Wildman–Crippen MR) is 70.3 cm³/mol. The van der Waals surface area contributed by atoms with Crippen molar-refractivity contribution >= 4 is 5.91 Å². The van der Waals surface area contributed by atoms with Gasteiger partial charge in [0.05, 0.1) is 0 Å². The molecule has 0 unspecified atom stereocenters. The highest BCUT2D eigenvalue weighted by Gasteiger charge is 2.15. The molecule has 1 aliphatic carbocycles. The summed E-state index contributed by atoms with van der Waals surface area (Å²) in [6, 6.07) is 6.24. The zero-order chi connectivity index (χ0) is 12.3. The molecule has 0 N–H and O–H groups in total. The molecule has 0 saturated heterocycles. The molecule has 1 aromatic carbocycles. The smallest absolute Gasteiger partial charge is 0.253 e. The van der Waals surface area contributed by atoms with Crippen LogP contribution in [0.4, 0.5) is 0 Å². The van der Waals surface area contributed by atoms with Crippen LogP contribution in [0.15, 0.2) is 18.2 Å². The average Bonchev–Trinajstić information content (AvgIpc) is 2.39. The number of carbonyl (C=O) groups is 1. The molecule has 0 saturated carbocycles. The Hall–Kier alpha value is -1.31. The van der Waals surface area contributed by atoms with E-state index in [1.165, 1.54) is 30.4 Å². The summed E-state index contributed by atoms with van der Waals surface area (Å²) in [5, 5.41) is 0. The Kier molecular flexibility index (Phi) is 3.82. The summed E-state index contributed by atoms with van der Waals surface area (Å²) in [5.74, 6) is 0.170. The zero-order valence-corrected chi connectivity index (χ0v) is 10.8. The van der Waals surface area contributed by atoms with Crippen molar-refractivity contribution in [3.63, 3.8) is 0 Å². The number of hydrogen-bond donors (Lipinski definition) is 0. The van der Waals surface area contributed by atoms with Crippen molar-refractivity contribution < 1.29 is 4.79 Å².